The maximum absolute atomic E-state index is 10.8. The van der Waals surface area contributed by atoms with Crippen LogP contribution in [-0.2, 0) is 0 Å². The Morgan fingerprint density at radius 3 is 1.65 bits per heavy atom. The van der Waals surface area contributed by atoms with Gasteiger partial charge < -0.3 is 9.13 Å². The van der Waals surface area contributed by atoms with E-state index in [-0.39, 0.29) is 0 Å². The number of aromatic nitrogens is 3. The molecule has 0 bridgehead atoms. The number of hydrogen-bond donors (Lipinski definition) is 0. The van der Waals surface area contributed by atoms with E-state index in [0.717, 1.165) is 67.1 Å². The highest BCUT2D eigenvalue weighted by atomic mass is 15.0. The first-order chi connectivity index (χ1) is 25.8. The van der Waals surface area contributed by atoms with E-state index in [1.807, 2.05) is 42.5 Å². The third kappa shape index (κ3) is 4.65. The van der Waals surface area contributed by atoms with Crippen LogP contribution in [0.25, 0.3) is 88.6 Å². The number of para-hydroxylation sites is 3. The van der Waals surface area contributed by atoms with E-state index in [1.165, 1.54) is 21.5 Å². The third-order valence-corrected chi connectivity index (χ3v) is 10.1. The van der Waals surface area contributed by atoms with Crippen molar-refractivity contribution >= 4 is 43.6 Å². The van der Waals surface area contributed by atoms with E-state index in [4.69, 9.17) is 4.98 Å². The van der Waals surface area contributed by atoms with Gasteiger partial charge in [0.25, 0.3) is 0 Å². The fourth-order valence-corrected chi connectivity index (χ4v) is 7.85. The number of benzene rings is 7. The van der Waals surface area contributed by atoms with E-state index in [2.05, 4.69) is 155 Å². The van der Waals surface area contributed by atoms with Crippen LogP contribution in [-0.4, -0.2) is 14.1 Å². The molecule has 242 valence electrons. The van der Waals surface area contributed by atoms with Crippen LogP contribution in [0.3, 0.4) is 0 Å². The SMILES string of the molecule is N#Cc1cc(-n2c3ccccc3c3ccc4c(c5ccccc5n4-c4ccccc4)c32)ccc1-c1cc(-c2ccccc2)nc(-c2ccccc2)c1. The first-order valence-electron chi connectivity index (χ1n) is 17.5. The van der Waals surface area contributed by atoms with Crippen molar-refractivity contribution in [2.75, 3.05) is 0 Å². The predicted molar refractivity (Wildman–Crippen MR) is 214 cm³/mol. The van der Waals surface area contributed by atoms with Crippen molar-refractivity contribution in [3.05, 3.63) is 188 Å². The molecule has 0 aliphatic carbocycles. The Balaban J connectivity index is 1.24. The number of fused-ring (bicyclic) bond motifs is 7. The molecule has 4 nitrogen and oxygen atoms in total. The van der Waals surface area contributed by atoms with Crippen molar-refractivity contribution in [2.45, 2.75) is 0 Å². The van der Waals surface area contributed by atoms with E-state index in [0.29, 0.717) is 5.56 Å². The maximum atomic E-state index is 10.8. The zero-order chi connectivity index (χ0) is 34.6. The lowest BCUT2D eigenvalue weighted by atomic mass is 9.96. The average Bonchev–Trinajstić information content (AvgIpc) is 3.74. The van der Waals surface area contributed by atoms with Gasteiger partial charge in [-0.3, -0.25) is 0 Å². The minimum absolute atomic E-state index is 0.603. The summed E-state index contributed by atoms with van der Waals surface area (Å²) >= 11 is 0. The zero-order valence-corrected chi connectivity index (χ0v) is 28.1. The number of hydrogen-bond acceptors (Lipinski definition) is 2. The molecular formula is C48H30N4. The second-order valence-corrected chi connectivity index (χ2v) is 13.1. The highest BCUT2D eigenvalue weighted by Gasteiger charge is 2.21. The smallest absolute Gasteiger partial charge is 0.0998 e. The molecule has 0 radical (unpaired) electrons. The number of nitriles is 1. The van der Waals surface area contributed by atoms with Gasteiger partial charge in [-0.25, -0.2) is 4.98 Å². The van der Waals surface area contributed by atoms with Gasteiger partial charge in [0.05, 0.1) is 45.1 Å². The fraction of sp³-hybridized carbons (Fsp3) is 0. The van der Waals surface area contributed by atoms with E-state index < -0.39 is 0 Å². The Morgan fingerprint density at radius 2 is 1.00 bits per heavy atom. The molecule has 7 aromatic carbocycles. The van der Waals surface area contributed by atoms with Gasteiger partial charge >= 0.3 is 0 Å². The molecule has 52 heavy (non-hydrogen) atoms. The highest BCUT2D eigenvalue weighted by molar-refractivity contribution is 6.26. The summed E-state index contributed by atoms with van der Waals surface area (Å²) in [7, 11) is 0. The summed E-state index contributed by atoms with van der Waals surface area (Å²) in [6, 6.07) is 65.8. The van der Waals surface area contributed by atoms with Gasteiger partial charge in [-0.2, -0.15) is 5.26 Å². The van der Waals surface area contributed by atoms with Crippen LogP contribution in [0.1, 0.15) is 5.56 Å². The van der Waals surface area contributed by atoms with Gasteiger partial charge in [0, 0.05) is 44.0 Å². The van der Waals surface area contributed by atoms with Crippen LogP contribution in [0.4, 0.5) is 0 Å². The monoisotopic (exact) mass is 662 g/mol. The van der Waals surface area contributed by atoms with Crippen molar-refractivity contribution < 1.29 is 0 Å². The lowest BCUT2D eigenvalue weighted by Crippen LogP contribution is -1.98. The standard InChI is InChI=1S/C48H30N4/c49-31-35-28-37(24-25-38(35)34-29-42(32-14-4-1-5-15-32)50-43(30-34)33-16-6-2-7-17-33)52-44-22-12-10-20-39(44)40-26-27-46-47(48(40)52)41-21-11-13-23-45(41)51(46)36-18-8-3-9-19-36/h1-30H. The van der Waals surface area contributed by atoms with Gasteiger partial charge in [0.15, 0.2) is 0 Å². The Bertz CT molecular complexity index is 2940. The van der Waals surface area contributed by atoms with E-state index >= 15 is 0 Å². The lowest BCUT2D eigenvalue weighted by molar-refractivity contribution is 1.17. The summed E-state index contributed by atoms with van der Waals surface area (Å²) in [5.41, 5.74) is 12.8. The summed E-state index contributed by atoms with van der Waals surface area (Å²) in [5, 5.41) is 15.5. The molecule has 0 saturated heterocycles. The van der Waals surface area contributed by atoms with Gasteiger partial charge in [-0.05, 0) is 65.7 Å². The van der Waals surface area contributed by atoms with Crippen molar-refractivity contribution in [2.24, 2.45) is 0 Å². The molecule has 0 unspecified atom stereocenters. The molecule has 0 N–H and O–H groups in total. The van der Waals surface area contributed by atoms with Gasteiger partial charge in [0.1, 0.15) is 0 Å². The van der Waals surface area contributed by atoms with Crippen molar-refractivity contribution in [1.82, 2.24) is 14.1 Å². The fourth-order valence-electron chi connectivity index (χ4n) is 7.85. The molecule has 0 aliphatic heterocycles. The maximum Gasteiger partial charge on any atom is 0.0998 e. The zero-order valence-electron chi connectivity index (χ0n) is 28.1. The Morgan fingerprint density at radius 1 is 0.423 bits per heavy atom. The summed E-state index contributed by atoms with van der Waals surface area (Å²) in [6.07, 6.45) is 0. The first kappa shape index (κ1) is 29.7. The minimum Gasteiger partial charge on any atom is -0.309 e. The third-order valence-electron chi connectivity index (χ3n) is 10.1. The predicted octanol–water partition coefficient (Wildman–Crippen LogP) is 12.1. The molecule has 10 rings (SSSR count). The first-order valence-corrected chi connectivity index (χ1v) is 17.5. The Kier molecular flexibility index (Phi) is 6.84. The molecule has 0 spiro atoms. The molecule has 0 fully saturated rings. The molecule has 0 aliphatic rings. The molecule has 3 heterocycles. The van der Waals surface area contributed by atoms with Gasteiger partial charge in [-0.1, -0.05) is 127 Å². The lowest BCUT2D eigenvalue weighted by Gasteiger charge is -2.14. The van der Waals surface area contributed by atoms with E-state index in [1.54, 1.807) is 0 Å². The van der Waals surface area contributed by atoms with Gasteiger partial charge in [0.2, 0.25) is 0 Å². The Labute approximate surface area is 300 Å². The summed E-state index contributed by atoms with van der Waals surface area (Å²) in [5.74, 6) is 0. The quantitative estimate of drug-likeness (QED) is 0.184. The number of nitrogens with zero attached hydrogens (tertiary/aromatic N) is 4. The molecule has 0 amide bonds. The van der Waals surface area contributed by atoms with E-state index in [9.17, 15) is 5.26 Å². The minimum atomic E-state index is 0.603. The largest absolute Gasteiger partial charge is 0.309 e. The van der Waals surface area contributed by atoms with Crippen LogP contribution in [0.5, 0.6) is 0 Å². The van der Waals surface area contributed by atoms with Crippen LogP contribution in [0, 0.1) is 11.3 Å². The van der Waals surface area contributed by atoms with Crippen LogP contribution < -0.4 is 0 Å². The number of pyridine rings is 1. The molecule has 10 aromatic rings. The second kappa shape index (κ2) is 12.0. The van der Waals surface area contributed by atoms with Gasteiger partial charge in [-0.15, -0.1) is 0 Å². The topological polar surface area (TPSA) is 46.5 Å². The van der Waals surface area contributed by atoms with Crippen molar-refractivity contribution in [1.29, 1.82) is 5.26 Å². The number of rotatable bonds is 5. The molecule has 3 aromatic heterocycles. The summed E-state index contributed by atoms with van der Waals surface area (Å²) in [4.78, 5) is 5.07. The van der Waals surface area contributed by atoms with Crippen LogP contribution in [0.2, 0.25) is 0 Å². The normalized spacial score (nSPS) is 11.4. The summed E-state index contributed by atoms with van der Waals surface area (Å²) < 4.78 is 4.70. The van der Waals surface area contributed by atoms with Crippen molar-refractivity contribution in [3.63, 3.8) is 0 Å². The van der Waals surface area contributed by atoms with Crippen LogP contribution >= 0.6 is 0 Å². The van der Waals surface area contributed by atoms with Crippen molar-refractivity contribution in [3.8, 4) is 51.1 Å². The molecule has 4 heteroatoms. The summed E-state index contributed by atoms with van der Waals surface area (Å²) in [6.45, 7) is 0. The second-order valence-electron chi connectivity index (χ2n) is 13.1. The average molecular weight is 663 g/mol. The molecular weight excluding hydrogens is 633 g/mol. The van der Waals surface area contributed by atoms with Crippen LogP contribution in [0.15, 0.2) is 182 Å². The highest BCUT2D eigenvalue weighted by Crippen LogP contribution is 2.42. The Hall–Kier alpha value is -7.22. The molecule has 0 saturated carbocycles. The molecule has 0 atom stereocenters.